The number of para-hydroxylation sites is 1. The van der Waals surface area contributed by atoms with Crippen molar-refractivity contribution in [1.29, 1.82) is 0 Å². The maximum atomic E-state index is 12.8. The lowest BCUT2D eigenvalue weighted by Gasteiger charge is -2.37. The summed E-state index contributed by atoms with van der Waals surface area (Å²) in [4.78, 5) is 17.2. The molecule has 1 aromatic carbocycles. The maximum Gasteiger partial charge on any atom is 0.317 e. The first-order chi connectivity index (χ1) is 13.0. The Kier molecular flexibility index (Phi) is 4.91. The van der Waals surface area contributed by atoms with Gasteiger partial charge in [0.1, 0.15) is 0 Å². The molecule has 0 radical (unpaired) electrons. The minimum Gasteiger partial charge on any atom is -0.331 e. The Bertz CT molecular complexity index is 779. The molecule has 1 atom stereocenters. The zero-order valence-corrected chi connectivity index (χ0v) is 16.3. The SMILES string of the molecule is C[C@@H](NC(=O)N1CCC2(CCN(C)CC2)C1)c1cnn(-c2ccccc2)c1. The van der Waals surface area contributed by atoms with Gasteiger partial charge in [0.05, 0.1) is 17.9 Å². The van der Waals surface area contributed by atoms with Crippen molar-refractivity contribution in [3.63, 3.8) is 0 Å². The molecule has 27 heavy (non-hydrogen) atoms. The fourth-order valence-corrected chi connectivity index (χ4v) is 4.25. The smallest absolute Gasteiger partial charge is 0.317 e. The molecule has 2 fully saturated rings. The van der Waals surface area contributed by atoms with Gasteiger partial charge < -0.3 is 15.1 Å². The van der Waals surface area contributed by atoms with Gasteiger partial charge in [-0.1, -0.05) is 18.2 Å². The predicted octanol–water partition coefficient (Wildman–Crippen LogP) is 3.06. The number of urea groups is 1. The van der Waals surface area contributed by atoms with Gasteiger partial charge in [0.15, 0.2) is 0 Å². The summed E-state index contributed by atoms with van der Waals surface area (Å²) >= 11 is 0. The summed E-state index contributed by atoms with van der Waals surface area (Å²) < 4.78 is 1.85. The molecular weight excluding hydrogens is 338 g/mol. The van der Waals surface area contributed by atoms with Crippen LogP contribution in [0, 0.1) is 5.41 Å². The van der Waals surface area contributed by atoms with Crippen molar-refractivity contribution in [1.82, 2.24) is 24.9 Å². The van der Waals surface area contributed by atoms with Crippen molar-refractivity contribution < 1.29 is 4.79 Å². The Balaban J connectivity index is 1.35. The standard InChI is InChI=1S/C21H29N5O/c1-17(18-14-22-26(15-18)19-6-4-3-5-7-19)23-20(27)25-13-10-21(16-25)8-11-24(2)12-9-21/h3-7,14-15,17H,8-13,16H2,1-2H3,(H,23,27)/t17-/m1/s1. The van der Waals surface area contributed by atoms with E-state index in [2.05, 4.69) is 22.4 Å². The van der Waals surface area contributed by atoms with Crippen LogP contribution in [0.15, 0.2) is 42.7 Å². The van der Waals surface area contributed by atoms with Gasteiger partial charge in [-0.05, 0) is 63.9 Å². The van der Waals surface area contributed by atoms with Crippen LogP contribution in [0.5, 0.6) is 0 Å². The lowest BCUT2D eigenvalue weighted by molar-refractivity contribution is 0.127. The van der Waals surface area contributed by atoms with E-state index < -0.39 is 0 Å². The highest BCUT2D eigenvalue weighted by atomic mass is 16.2. The fourth-order valence-electron chi connectivity index (χ4n) is 4.25. The van der Waals surface area contributed by atoms with E-state index in [-0.39, 0.29) is 12.1 Å². The molecule has 6 heteroatoms. The summed E-state index contributed by atoms with van der Waals surface area (Å²) in [5, 5.41) is 7.59. The topological polar surface area (TPSA) is 53.4 Å². The Hall–Kier alpha value is -2.34. The lowest BCUT2D eigenvalue weighted by Crippen LogP contribution is -2.43. The van der Waals surface area contributed by atoms with E-state index in [1.807, 2.05) is 59.2 Å². The summed E-state index contributed by atoms with van der Waals surface area (Å²) in [6.07, 6.45) is 7.36. The van der Waals surface area contributed by atoms with Gasteiger partial charge in [0, 0.05) is 24.8 Å². The molecule has 3 heterocycles. The normalized spacial score (nSPS) is 20.7. The van der Waals surface area contributed by atoms with E-state index in [9.17, 15) is 4.79 Å². The highest BCUT2D eigenvalue weighted by Crippen LogP contribution is 2.40. The zero-order chi connectivity index (χ0) is 18.9. The third-order valence-electron chi connectivity index (χ3n) is 6.24. The van der Waals surface area contributed by atoms with E-state index in [1.54, 1.807) is 0 Å². The van der Waals surface area contributed by atoms with Crippen LogP contribution in [-0.2, 0) is 0 Å². The molecule has 1 N–H and O–H groups in total. The van der Waals surface area contributed by atoms with Crippen LogP contribution in [0.25, 0.3) is 5.69 Å². The molecule has 1 aromatic heterocycles. The summed E-state index contributed by atoms with van der Waals surface area (Å²) in [5.74, 6) is 0. The quantitative estimate of drug-likeness (QED) is 0.907. The minimum absolute atomic E-state index is 0.0470. The number of hydrogen-bond acceptors (Lipinski definition) is 3. The third-order valence-corrected chi connectivity index (χ3v) is 6.24. The lowest BCUT2D eigenvalue weighted by atomic mass is 9.78. The number of hydrogen-bond donors (Lipinski definition) is 1. The van der Waals surface area contributed by atoms with Crippen LogP contribution in [0.4, 0.5) is 4.79 Å². The number of nitrogens with zero attached hydrogens (tertiary/aromatic N) is 4. The van der Waals surface area contributed by atoms with Crippen molar-refractivity contribution in [2.75, 3.05) is 33.2 Å². The van der Waals surface area contributed by atoms with Crippen molar-refractivity contribution >= 4 is 6.03 Å². The van der Waals surface area contributed by atoms with Crippen LogP contribution in [0.3, 0.4) is 0 Å². The molecule has 0 saturated carbocycles. The number of rotatable bonds is 3. The second-order valence-corrected chi connectivity index (χ2v) is 8.20. The van der Waals surface area contributed by atoms with Crippen molar-refractivity contribution in [3.8, 4) is 5.69 Å². The van der Waals surface area contributed by atoms with Gasteiger partial charge in [0.2, 0.25) is 0 Å². The Labute approximate surface area is 161 Å². The van der Waals surface area contributed by atoms with E-state index in [0.29, 0.717) is 5.41 Å². The van der Waals surface area contributed by atoms with Gasteiger partial charge in [-0.2, -0.15) is 5.10 Å². The molecule has 2 aliphatic heterocycles. The summed E-state index contributed by atoms with van der Waals surface area (Å²) in [5.41, 5.74) is 2.37. The summed E-state index contributed by atoms with van der Waals surface area (Å²) in [6, 6.07) is 10.00. The Morgan fingerprint density at radius 2 is 1.85 bits per heavy atom. The van der Waals surface area contributed by atoms with E-state index in [1.165, 1.54) is 12.8 Å². The number of piperidine rings is 1. The first-order valence-electron chi connectivity index (χ1n) is 9.89. The molecule has 1 spiro atoms. The van der Waals surface area contributed by atoms with Gasteiger partial charge >= 0.3 is 6.03 Å². The van der Waals surface area contributed by atoms with Crippen molar-refractivity contribution in [2.45, 2.75) is 32.2 Å². The number of carbonyl (C=O) groups is 1. The van der Waals surface area contributed by atoms with Crippen LogP contribution in [-0.4, -0.2) is 58.8 Å². The van der Waals surface area contributed by atoms with E-state index in [0.717, 1.165) is 43.9 Å². The summed E-state index contributed by atoms with van der Waals surface area (Å²) in [6.45, 7) is 6.06. The fraction of sp³-hybridized carbons (Fsp3) is 0.524. The van der Waals surface area contributed by atoms with Crippen molar-refractivity contribution in [3.05, 3.63) is 48.3 Å². The van der Waals surface area contributed by atoms with Gasteiger partial charge in [0.25, 0.3) is 0 Å². The zero-order valence-electron chi connectivity index (χ0n) is 16.3. The van der Waals surface area contributed by atoms with Gasteiger partial charge in [-0.3, -0.25) is 0 Å². The molecule has 2 aliphatic rings. The molecule has 2 amide bonds. The summed E-state index contributed by atoms with van der Waals surface area (Å²) in [7, 11) is 2.18. The monoisotopic (exact) mass is 367 g/mol. The van der Waals surface area contributed by atoms with Crippen LogP contribution in [0.1, 0.15) is 37.8 Å². The molecule has 2 saturated heterocycles. The highest BCUT2D eigenvalue weighted by Gasteiger charge is 2.41. The van der Waals surface area contributed by atoms with Gasteiger partial charge in [-0.15, -0.1) is 0 Å². The Morgan fingerprint density at radius 1 is 1.15 bits per heavy atom. The largest absolute Gasteiger partial charge is 0.331 e. The molecule has 0 unspecified atom stereocenters. The maximum absolute atomic E-state index is 12.8. The molecule has 0 aliphatic carbocycles. The van der Waals surface area contributed by atoms with Gasteiger partial charge in [-0.25, -0.2) is 9.48 Å². The number of amides is 2. The van der Waals surface area contributed by atoms with E-state index >= 15 is 0 Å². The molecular formula is C21H29N5O. The van der Waals surface area contributed by atoms with Crippen molar-refractivity contribution in [2.24, 2.45) is 5.41 Å². The number of nitrogens with one attached hydrogen (secondary N) is 1. The van der Waals surface area contributed by atoms with Crippen LogP contribution in [0.2, 0.25) is 0 Å². The highest BCUT2D eigenvalue weighted by molar-refractivity contribution is 5.75. The van der Waals surface area contributed by atoms with Crippen LogP contribution < -0.4 is 5.32 Å². The molecule has 144 valence electrons. The van der Waals surface area contributed by atoms with E-state index in [4.69, 9.17) is 0 Å². The number of aromatic nitrogens is 2. The Morgan fingerprint density at radius 3 is 2.59 bits per heavy atom. The first-order valence-corrected chi connectivity index (χ1v) is 9.89. The molecule has 2 aromatic rings. The average Bonchev–Trinajstić information content (AvgIpc) is 3.33. The number of likely N-dealkylation sites (tertiary alicyclic amines) is 2. The second kappa shape index (κ2) is 7.35. The number of carbonyl (C=O) groups excluding carboxylic acids is 1. The van der Waals surface area contributed by atoms with Crippen LogP contribution >= 0.6 is 0 Å². The first kappa shape index (κ1) is 18.0. The third kappa shape index (κ3) is 3.86. The average molecular weight is 367 g/mol. The minimum atomic E-state index is -0.0657. The predicted molar refractivity (Wildman–Crippen MR) is 106 cm³/mol. The second-order valence-electron chi connectivity index (χ2n) is 8.20. The molecule has 6 nitrogen and oxygen atoms in total. The number of benzene rings is 1. The molecule has 4 rings (SSSR count). The molecule has 0 bridgehead atoms.